The first-order valence-corrected chi connectivity index (χ1v) is 12.3. The van der Waals surface area contributed by atoms with Gasteiger partial charge in [-0.15, -0.1) is 0 Å². The average Bonchev–Trinajstić information content (AvgIpc) is 3.45. The Hall–Kier alpha value is -3.73. The van der Waals surface area contributed by atoms with E-state index in [9.17, 15) is 8.42 Å². The van der Waals surface area contributed by atoms with Crippen molar-refractivity contribution in [2.45, 2.75) is 36.8 Å². The van der Waals surface area contributed by atoms with Crippen LogP contribution in [0.4, 0.5) is 5.82 Å². The maximum atomic E-state index is 13.3. The standard InChI is InChI=1S/C23H24N4O6S/c1-30-18-8-7-17(32-16-5-3-6-16)13-21(18)34(28,29)26-23-22-19(31-2)11-15(12-20(22)33-25-23)14-27-10-4-9-24-27/h4,7-13,16H,3,5-6,14H2,1-2H3,(H,25,26). The summed E-state index contributed by atoms with van der Waals surface area (Å²) in [5, 5.41) is 8.58. The van der Waals surface area contributed by atoms with E-state index in [4.69, 9.17) is 18.7 Å². The Balaban J connectivity index is 1.48. The molecule has 1 aliphatic rings. The van der Waals surface area contributed by atoms with E-state index in [1.165, 1.54) is 20.3 Å². The summed E-state index contributed by atoms with van der Waals surface area (Å²) in [6.45, 7) is 0.492. The third kappa shape index (κ3) is 4.26. The first-order chi connectivity index (χ1) is 16.5. The SMILES string of the molecule is COc1ccc(OC2CCC2)cc1S(=O)(=O)Nc1noc2cc(Cn3cccn3)cc(OC)c12. The summed E-state index contributed by atoms with van der Waals surface area (Å²) >= 11 is 0. The molecule has 1 fully saturated rings. The van der Waals surface area contributed by atoms with Crippen molar-refractivity contribution in [1.29, 1.82) is 0 Å². The molecule has 2 heterocycles. The molecule has 0 aliphatic heterocycles. The fraction of sp³-hybridized carbons (Fsp3) is 0.304. The number of rotatable bonds is 9. The van der Waals surface area contributed by atoms with Crippen LogP contribution in [0.3, 0.4) is 0 Å². The highest BCUT2D eigenvalue weighted by Crippen LogP contribution is 2.37. The summed E-state index contributed by atoms with van der Waals surface area (Å²) in [7, 11) is -1.17. The van der Waals surface area contributed by atoms with Crippen LogP contribution in [0.25, 0.3) is 11.0 Å². The zero-order valence-electron chi connectivity index (χ0n) is 18.7. The molecule has 0 radical (unpaired) electrons. The minimum atomic E-state index is -4.09. The first kappa shape index (κ1) is 22.1. The summed E-state index contributed by atoms with van der Waals surface area (Å²) < 4.78 is 53.1. The fourth-order valence-corrected chi connectivity index (χ4v) is 4.99. The summed E-state index contributed by atoms with van der Waals surface area (Å²) in [6, 6.07) is 10.1. The minimum absolute atomic E-state index is 0.0184. The molecule has 0 saturated heterocycles. The van der Waals surface area contributed by atoms with Gasteiger partial charge in [-0.05, 0) is 55.2 Å². The number of anilines is 1. The van der Waals surface area contributed by atoms with Crippen LogP contribution in [0.15, 0.2) is 58.2 Å². The number of sulfonamides is 1. The summed E-state index contributed by atoms with van der Waals surface area (Å²) in [6.07, 6.45) is 6.67. The van der Waals surface area contributed by atoms with Crippen LogP contribution >= 0.6 is 0 Å². The van der Waals surface area contributed by atoms with Crippen LogP contribution in [-0.2, 0) is 16.6 Å². The fourth-order valence-electron chi connectivity index (χ4n) is 3.80. The number of fused-ring (bicyclic) bond motifs is 1. The molecule has 1 saturated carbocycles. The molecule has 178 valence electrons. The van der Waals surface area contributed by atoms with Gasteiger partial charge >= 0.3 is 0 Å². The Morgan fingerprint density at radius 1 is 1.15 bits per heavy atom. The average molecular weight is 485 g/mol. The van der Waals surface area contributed by atoms with Crippen molar-refractivity contribution in [3.8, 4) is 17.2 Å². The predicted octanol–water partition coefficient (Wildman–Crippen LogP) is 3.82. The van der Waals surface area contributed by atoms with Crippen molar-refractivity contribution in [2.24, 2.45) is 0 Å². The molecule has 11 heteroatoms. The lowest BCUT2D eigenvalue weighted by molar-refractivity contribution is 0.120. The Kier molecular flexibility index (Phi) is 5.78. The van der Waals surface area contributed by atoms with Gasteiger partial charge in [-0.1, -0.05) is 5.16 Å². The normalized spacial score (nSPS) is 14.1. The van der Waals surface area contributed by atoms with E-state index in [-0.39, 0.29) is 22.6 Å². The minimum Gasteiger partial charge on any atom is -0.496 e. The third-order valence-electron chi connectivity index (χ3n) is 5.73. The van der Waals surface area contributed by atoms with Crippen LogP contribution in [0, 0.1) is 0 Å². The van der Waals surface area contributed by atoms with Gasteiger partial charge in [0.15, 0.2) is 11.4 Å². The van der Waals surface area contributed by atoms with Gasteiger partial charge in [-0.25, -0.2) is 8.42 Å². The third-order valence-corrected chi connectivity index (χ3v) is 7.09. The molecule has 0 bridgehead atoms. The summed E-state index contributed by atoms with van der Waals surface area (Å²) in [4.78, 5) is -0.0581. The van der Waals surface area contributed by atoms with Crippen LogP contribution in [-0.4, -0.2) is 43.7 Å². The number of methoxy groups -OCH3 is 2. The molecule has 0 atom stereocenters. The smallest absolute Gasteiger partial charge is 0.266 e. The van der Waals surface area contributed by atoms with Gasteiger partial charge in [0.1, 0.15) is 27.5 Å². The van der Waals surface area contributed by atoms with Gasteiger partial charge < -0.3 is 18.7 Å². The van der Waals surface area contributed by atoms with Gasteiger partial charge in [-0.2, -0.15) is 5.10 Å². The molecule has 5 rings (SSSR count). The molecule has 0 unspecified atom stereocenters. The first-order valence-electron chi connectivity index (χ1n) is 10.8. The quantitative estimate of drug-likeness (QED) is 0.381. The Bertz CT molecular complexity index is 1410. The zero-order chi connectivity index (χ0) is 23.7. The predicted molar refractivity (Wildman–Crippen MR) is 124 cm³/mol. The van der Waals surface area contributed by atoms with Crippen molar-refractivity contribution in [3.05, 3.63) is 54.4 Å². The highest BCUT2D eigenvalue weighted by molar-refractivity contribution is 7.92. The number of hydrogen-bond donors (Lipinski definition) is 1. The zero-order valence-corrected chi connectivity index (χ0v) is 19.5. The van der Waals surface area contributed by atoms with Crippen molar-refractivity contribution in [2.75, 3.05) is 18.9 Å². The maximum Gasteiger partial charge on any atom is 0.266 e. The lowest BCUT2D eigenvalue weighted by atomic mass is 9.96. The van der Waals surface area contributed by atoms with E-state index in [0.717, 1.165) is 24.8 Å². The summed E-state index contributed by atoms with van der Waals surface area (Å²) in [5.41, 5.74) is 1.24. The second kappa shape index (κ2) is 8.90. The highest BCUT2D eigenvalue weighted by Gasteiger charge is 2.26. The highest BCUT2D eigenvalue weighted by atomic mass is 32.2. The number of ether oxygens (including phenoxy) is 3. The second-order valence-corrected chi connectivity index (χ2v) is 9.65. The number of nitrogens with one attached hydrogen (secondary N) is 1. The molecule has 1 aliphatic carbocycles. The van der Waals surface area contributed by atoms with E-state index < -0.39 is 10.0 Å². The topological polar surface area (TPSA) is 118 Å². The Labute approximate surface area is 196 Å². The largest absolute Gasteiger partial charge is 0.496 e. The van der Waals surface area contributed by atoms with Gasteiger partial charge in [0, 0.05) is 18.5 Å². The molecule has 34 heavy (non-hydrogen) atoms. The van der Waals surface area contributed by atoms with E-state index in [1.807, 2.05) is 12.3 Å². The monoisotopic (exact) mass is 484 g/mol. The molecule has 10 nitrogen and oxygen atoms in total. The van der Waals surface area contributed by atoms with E-state index in [1.54, 1.807) is 35.1 Å². The van der Waals surface area contributed by atoms with Gasteiger partial charge in [0.25, 0.3) is 10.0 Å². The van der Waals surface area contributed by atoms with E-state index in [2.05, 4.69) is 15.0 Å². The Morgan fingerprint density at radius 2 is 1.97 bits per heavy atom. The Morgan fingerprint density at radius 3 is 2.65 bits per heavy atom. The number of benzene rings is 2. The molecule has 1 N–H and O–H groups in total. The van der Waals surface area contributed by atoms with Crippen LogP contribution in [0.2, 0.25) is 0 Å². The molecule has 4 aromatic rings. The maximum absolute atomic E-state index is 13.3. The van der Waals surface area contributed by atoms with Crippen molar-refractivity contribution in [3.63, 3.8) is 0 Å². The van der Waals surface area contributed by atoms with Gasteiger partial charge in [-0.3, -0.25) is 9.40 Å². The van der Waals surface area contributed by atoms with E-state index >= 15 is 0 Å². The second-order valence-electron chi connectivity index (χ2n) is 7.99. The molecule has 2 aromatic heterocycles. The molecular weight excluding hydrogens is 460 g/mol. The lowest BCUT2D eigenvalue weighted by Gasteiger charge is -2.26. The number of hydrogen-bond acceptors (Lipinski definition) is 8. The van der Waals surface area contributed by atoms with Crippen molar-refractivity contribution >= 4 is 26.8 Å². The molecule has 0 spiro atoms. The van der Waals surface area contributed by atoms with Crippen molar-refractivity contribution < 1.29 is 27.2 Å². The number of aromatic nitrogens is 3. The molecule has 0 amide bonds. The summed E-state index contributed by atoms with van der Waals surface area (Å²) in [5.74, 6) is 1.10. The van der Waals surface area contributed by atoms with Crippen LogP contribution in [0.5, 0.6) is 17.2 Å². The molecular formula is C23H24N4O6S. The van der Waals surface area contributed by atoms with Gasteiger partial charge in [0.2, 0.25) is 0 Å². The number of nitrogens with zero attached hydrogens (tertiary/aromatic N) is 3. The van der Waals surface area contributed by atoms with Crippen LogP contribution in [0.1, 0.15) is 24.8 Å². The van der Waals surface area contributed by atoms with Gasteiger partial charge in [0.05, 0.1) is 26.9 Å². The molecule has 2 aromatic carbocycles. The van der Waals surface area contributed by atoms with Crippen LogP contribution < -0.4 is 18.9 Å². The van der Waals surface area contributed by atoms with E-state index in [0.29, 0.717) is 29.0 Å². The van der Waals surface area contributed by atoms with Crippen molar-refractivity contribution in [1.82, 2.24) is 14.9 Å². The lowest BCUT2D eigenvalue weighted by Crippen LogP contribution is -2.24.